The molecular weight excluding hydrogens is 249 g/mol. The van der Waals surface area contributed by atoms with Gasteiger partial charge in [-0.15, -0.1) is 0 Å². The van der Waals surface area contributed by atoms with Crippen molar-refractivity contribution in [1.82, 2.24) is 19.9 Å². The largest absolute Gasteiger partial charge is 0.463 e. The average Bonchev–Trinajstić information content (AvgIpc) is 2.44. The second-order valence-corrected chi connectivity index (χ2v) is 3.76. The maximum absolute atomic E-state index is 13.2. The molecule has 0 spiro atoms. The zero-order valence-corrected chi connectivity index (χ0v) is 10.7. The molecule has 2 rings (SSSR count). The van der Waals surface area contributed by atoms with Crippen LogP contribution in [0.2, 0.25) is 0 Å². The van der Waals surface area contributed by atoms with Gasteiger partial charge in [-0.2, -0.15) is 15.0 Å². The van der Waals surface area contributed by atoms with Gasteiger partial charge in [0.15, 0.2) is 5.82 Å². The Balaban J connectivity index is 2.38. The molecule has 0 fully saturated rings. The highest BCUT2D eigenvalue weighted by molar-refractivity contribution is 5.55. The summed E-state index contributed by atoms with van der Waals surface area (Å²) in [5, 5.41) is 2.81. The quantitative estimate of drug-likeness (QED) is 0.888. The highest BCUT2D eigenvalue weighted by atomic mass is 19.1. The fourth-order valence-electron chi connectivity index (χ4n) is 1.39. The van der Waals surface area contributed by atoms with Crippen molar-refractivity contribution in [2.24, 2.45) is 0 Å². The van der Waals surface area contributed by atoms with E-state index in [1.54, 1.807) is 7.05 Å². The topological polar surface area (TPSA) is 72.8 Å². The molecule has 0 bridgehead atoms. The number of aromatic nitrogens is 4. The second-order valence-electron chi connectivity index (χ2n) is 3.76. The predicted molar refractivity (Wildman–Crippen MR) is 68.3 cm³/mol. The molecule has 0 unspecified atom stereocenters. The lowest BCUT2D eigenvalue weighted by molar-refractivity contribution is 0.292. The minimum absolute atomic E-state index is 0.209. The van der Waals surface area contributed by atoms with Crippen LogP contribution in [0.3, 0.4) is 0 Å². The molecule has 0 aromatic carbocycles. The Morgan fingerprint density at radius 3 is 2.79 bits per heavy atom. The molecule has 0 aliphatic heterocycles. The summed E-state index contributed by atoms with van der Waals surface area (Å²) in [5.41, 5.74) is 0.472. The van der Waals surface area contributed by atoms with Gasteiger partial charge in [0.2, 0.25) is 5.95 Å². The number of rotatable bonds is 5. The molecule has 2 heterocycles. The minimum Gasteiger partial charge on any atom is -0.463 e. The summed E-state index contributed by atoms with van der Waals surface area (Å²) in [6.45, 7) is 2.49. The van der Waals surface area contributed by atoms with Crippen LogP contribution in [0.4, 0.5) is 10.3 Å². The maximum atomic E-state index is 13.2. The van der Waals surface area contributed by atoms with Crippen LogP contribution in [-0.4, -0.2) is 33.6 Å². The number of hydrogen-bond acceptors (Lipinski definition) is 6. The van der Waals surface area contributed by atoms with Gasteiger partial charge in [-0.1, -0.05) is 6.92 Å². The molecule has 2 aromatic rings. The highest BCUT2D eigenvalue weighted by Crippen LogP contribution is 2.18. The SMILES string of the molecule is CCCOc1nc(NC)nc(-c2cncc(F)c2)n1. The predicted octanol–water partition coefficient (Wildman–Crippen LogP) is 1.90. The molecular formula is C12H14FN5O. The van der Waals surface area contributed by atoms with Gasteiger partial charge >= 0.3 is 6.01 Å². The monoisotopic (exact) mass is 263 g/mol. The normalized spacial score (nSPS) is 10.3. The second kappa shape index (κ2) is 6.03. The Labute approximate surface area is 110 Å². The Hall–Kier alpha value is -2.31. The molecule has 0 amide bonds. The first-order chi connectivity index (χ1) is 9.22. The van der Waals surface area contributed by atoms with Gasteiger partial charge in [0.1, 0.15) is 5.82 Å². The summed E-state index contributed by atoms with van der Waals surface area (Å²) in [5.74, 6) is 0.234. The van der Waals surface area contributed by atoms with Crippen LogP contribution in [0.1, 0.15) is 13.3 Å². The van der Waals surface area contributed by atoms with Crippen molar-refractivity contribution in [2.45, 2.75) is 13.3 Å². The number of hydrogen-bond donors (Lipinski definition) is 1. The number of anilines is 1. The Morgan fingerprint density at radius 1 is 1.26 bits per heavy atom. The van der Waals surface area contributed by atoms with Gasteiger partial charge in [-0.3, -0.25) is 4.98 Å². The van der Waals surface area contributed by atoms with E-state index in [1.807, 2.05) is 6.92 Å². The van der Waals surface area contributed by atoms with Crippen molar-refractivity contribution in [3.63, 3.8) is 0 Å². The lowest BCUT2D eigenvalue weighted by Gasteiger charge is -2.07. The van der Waals surface area contributed by atoms with E-state index in [2.05, 4.69) is 25.3 Å². The van der Waals surface area contributed by atoms with Gasteiger partial charge in [-0.25, -0.2) is 4.39 Å². The van der Waals surface area contributed by atoms with Gasteiger partial charge in [0.25, 0.3) is 0 Å². The summed E-state index contributed by atoms with van der Waals surface area (Å²) in [6.07, 6.45) is 3.46. The van der Waals surface area contributed by atoms with Crippen molar-refractivity contribution in [3.05, 3.63) is 24.3 Å². The zero-order valence-electron chi connectivity index (χ0n) is 10.7. The lowest BCUT2D eigenvalue weighted by atomic mass is 10.2. The number of nitrogens with zero attached hydrogens (tertiary/aromatic N) is 4. The van der Waals surface area contributed by atoms with Crippen molar-refractivity contribution in [2.75, 3.05) is 19.0 Å². The zero-order chi connectivity index (χ0) is 13.7. The summed E-state index contributed by atoms with van der Waals surface area (Å²) in [4.78, 5) is 16.1. The van der Waals surface area contributed by atoms with Crippen LogP contribution in [-0.2, 0) is 0 Å². The molecule has 0 aliphatic rings. The molecule has 0 radical (unpaired) electrons. The van der Waals surface area contributed by atoms with Crippen LogP contribution < -0.4 is 10.1 Å². The fourth-order valence-corrected chi connectivity index (χ4v) is 1.39. The standard InChI is InChI=1S/C12H14FN5O/c1-3-4-19-12-17-10(16-11(14-2)18-12)8-5-9(13)7-15-6-8/h5-7H,3-4H2,1-2H3,(H,14,16,17,18). The van der Waals surface area contributed by atoms with E-state index in [0.29, 0.717) is 23.9 Å². The van der Waals surface area contributed by atoms with Gasteiger partial charge in [0, 0.05) is 18.8 Å². The van der Waals surface area contributed by atoms with E-state index in [9.17, 15) is 4.39 Å². The van der Waals surface area contributed by atoms with Crippen LogP contribution in [0, 0.1) is 5.82 Å². The molecule has 0 saturated heterocycles. The average molecular weight is 263 g/mol. The summed E-state index contributed by atoms with van der Waals surface area (Å²) < 4.78 is 18.5. The number of ether oxygens (including phenoxy) is 1. The third kappa shape index (κ3) is 3.34. The number of pyridine rings is 1. The van der Waals surface area contributed by atoms with Crippen LogP contribution in [0.25, 0.3) is 11.4 Å². The molecule has 0 saturated carbocycles. The molecule has 1 N–H and O–H groups in total. The smallest absolute Gasteiger partial charge is 0.321 e. The van der Waals surface area contributed by atoms with E-state index in [-0.39, 0.29) is 6.01 Å². The summed E-state index contributed by atoms with van der Waals surface area (Å²) in [6, 6.07) is 1.52. The Morgan fingerprint density at radius 2 is 2.11 bits per heavy atom. The molecule has 0 atom stereocenters. The molecule has 19 heavy (non-hydrogen) atoms. The van der Waals surface area contributed by atoms with Crippen molar-refractivity contribution >= 4 is 5.95 Å². The molecule has 100 valence electrons. The minimum atomic E-state index is -0.444. The summed E-state index contributed by atoms with van der Waals surface area (Å²) in [7, 11) is 1.69. The van der Waals surface area contributed by atoms with Crippen LogP contribution in [0.15, 0.2) is 18.5 Å². The molecule has 2 aromatic heterocycles. The maximum Gasteiger partial charge on any atom is 0.321 e. The Kier molecular flexibility index (Phi) is 4.17. The Bertz CT molecular complexity index is 564. The lowest BCUT2D eigenvalue weighted by Crippen LogP contribution is -2.06. The van der Waals surface area contributed by atoms with Crippen LogP contribution in [0.5, 0.6) is 6.01 Å². The van der Waals surface area contributed by atoms with Gasteiger partial charge in [0.05, 0.1) is 12.8 Å². The van der Waals surface area contributed by atoms with E-state index in [1.165, 1.54) is 12.3 Å². The molecule has 6 nitrogen and oxygen atoms in total. The number of nitrogens with one attached hydrogen (secondary N) is 1. The molecule has 0 aliphatic carbocycles. The first kappa shape index (κ1) is 13.1. The van der Waals surface area contributed by atoms with E-state index in [4.69, 9.17) is 4.74 Å². The van der Waals surface area contributed by atoms with Crippen molar-refractivity contribution < 1.29 is 9.13 Å². The fraction of sp³-hybridized carbons (Fsp3) is 0.333. The molecule has 7 heteroatoms. The summed E-state index contributed by atoms with van der Waals surface area (Å²) >= 11 is 0. The number of halogens is 1. The van der Waals surface area contributed by atoms with E-state index < -0.39 is 5.82 Å². The third-order valence-corrected chi connectivity index (χ3v) is 2.24. The van der Waals surface area contributed by atoms with Crippen LogP contribution >= 0.6 is 0 Å². The van der Waals surface area contributed by atoms with E-state index >= 15 is 0 Å². The van der Waals surface area contributed by atoms with Gasteiger partial charge in [-0.05, 0) is 12.5 Å². The van der Waals surface area contributed by atoms with E-state index in [0.717, 1.165) is 12.6 Å². The highest BCUT2D eigenvalue weighted by Gasteiger charge is 2.09. The first-order valence-electron chi connectivity index (χ1n) is 5.90. The van der Waals surface area contributed by atoms with Gasteiger partial charge < -0.3 is 10.1 Å². The first-order valence-corrected chi connectivity index (χ1v) is 5.90. The third-order valence-electron chi connectivity index (χ3n) is 2.24. The van der Waals surface area contributed by atoms with Crippen molar-refractivity contribution in [1.29, 1.82) is 0 Å². The van der Waals surface area contributed by atoms with Crippen molar-refractivity contribution in [3.8, 4) is 17.4 Å².